The van der Waals surface area contributed by atoms with Crippen LogP contribution < -0.4 is 0 Å². The van der Waals surface area contributed by atoms with E-state index in [0.29, 0.717) is 12.5 Å². The first-order valence-corrected chi connectivity index (χ1v) is 23.5. The molecule has 0 aliphatic rings. The number of aldehydes is 1. The van der Waals surface area contributed by atoms with E-state index in [2.05, 4.69) is 32.6 Å². The second-order valence-electron chi connectivity index (χ2n) is 16.0. The zero-order valence-electron chi connectivity index (χ0n) is 36.6. The van der Waals surface area contributed by atoms with E-state index in [1.54, 1.807) is 7.11 Å². The minimum absolute atomic E-state index is 0.0553. The Bertz CT molecular complexity index is 704. The van der Waals surface area contributed by atoms with E-state index in [0.717, 1.165) is 96.9 Å². The molecule has 0 saturated carbocycles. The standard InChI is InChI=1S/C31H63NO4.C16H32O/c1-4-6-8-10-11-17-23-30(22-16-9-7-5-2)31(34)36-29-21-15-13-19-25-32(26-27-33)24-18-12-14-20-28-35-3;1-3-5-7-9-10-12-14-16(15-17)13-11-8-6-4-2/h30,33H,4-29H2,1-3H3;15-16H,3-14H2,1-2H3. The third kappa shape index (κ3) is 42.0. The molecule has 0 saturated heterocycles. The number of nitrogens with zero attached hydrogens (tertiary/aromatic N) is 1. The SMILES string of the molecule is CCCCCCCCC(C=O)CCCCCC.CCCCCCCCC(CCCCCC)C(=O)OCCCCCCN(CCO)CCCCCCOC. The minimum Gasteiger partial charge on any atom is -0.465 e. The second-order valence-corrected chi connectivity index (χ2v) is 16.0. The molecule has 53 heavy (non-hydrogen) atoms. The maximum Gasteiger partial charge on any atom is 0.308 e. The minimum atomic E-state index is 0.0553. The van der Waals surface area contributed by atoms with Gasteiger partial charge in [-0.15, -0.1) is 0 Å². The van der Waals surface area contributed by atoms with Gasteiger partial charge in [-0.1, -0.05) is 182 Å². The first-order valence-electron chi connectivity index (χ1n) is 23.5. The number of methoxy groups -OCH3 is 1. The van der Waals surface area contributed by atoms with Crippen LogP contribution in [-0.4, -0.2) is 68.8 Å². The molecule has 0 fully saturated rings. The first-order chi connectivity index (χ1) is 26.0. The summed E-state index contributed by atoms with van der Waals surface area (Å²) in [5.41, 5.74) is 0. The predicted molar refractivity (Wildman–Crippen MR) is 230 cm³/mol. The summed E-state index contributed by atoms with van der Waals surface area (Å²) in [5, 5.41) is 9.36. The van der Waals surface area contributed by atoms with Crippen LogP contribution >= 0.6 is 0 Å². The van der Waals surface area contributed by atoms with Crippen molar-refractivity contribution in [2.75, 3.05) is 46.6 Å². The number of rotatable bonds is 42. The van der Waals surface area contributed by atoms with Gasteiger partial charge in [0.05, 0.1) is 19.1 Å². The van der Waals surface area contributed by atoms with Crippen molar-refractivity contribution in [3.63, 3.8) is 0 Å². The van der Waals surface area contributed by atoms with Gasteiger partial charge in [0.1, 0.15) is 6.29 Å². The van der Waals surface area contributed by atoms with Gasteiger partial charge in [-0.05, 0) is 64.5 Å². The Balaban J connectivity index is 0. The molecule has 0 aromatic heterocycles. The van der Waals surface area contributed by atoms with E-state index < -0.39 is 0 Å². The van der Waals surface area contributed by atoms with Gasteiger partial charge in [0.2, 0.25) is 0 Å². The molecule has 0 heterocycles. The maximum absolute atomic E-state index is 12.7. The lowest BCUT2D eigenvalue weighted by molar-refractivity contribution is -0.149. The molecule has 0 rings (SSSR count). The first kappa shape index (κ1) is 54.1. The summed E-state index contributed by atoms with van der Waals surface area (Å²) < 4.78 is 10.8. The van der Waals surface area contributed by atoms with Crippen molar-refractivity contribution in [1.29, 1.82) is 0 Å². The van der Waals surface area contributed by atoms with Crippen LogP contribution in [0.1, 0.15) is 233 Å². The predicted octanol–water partition coefficient (Wildman–Crippen LogP) is 13.5. The molecule has 0 aliphatic heterocycles. The zero-order valence-corrected chi connectivity index (χ0v) is 36.6. The summed E-state index contributed by atoms with van der Waals surface area (Å²) in [6.45, 7) is 13.5. The van der Waals surface area contributed by atoms with Gasteiger partial charge in [-0.25, -0.2) is 0 Å². The summed E-state index contributed by atoms with van der Waals surface area (Å²) in [7, 11) is 1.76. The van der Waals surface area contributed by atoms with Crippen LogP contribution in [0.25, 0.3) is 0 Å². The van der Waals surface area contributed by atoms with Gasteiger partial charge in [-0.2, -0.15) is 0 Å². The normalized spacial score (nSPS) is 12.4. The Hall–Kier alpha value is -0.980. The topological polar surface area (TPSA) is 76.1 Å². The number of hydrogen-bond acceptors (Lipinski definition) is 6. The molecule has 0 aromatic carbocycles. The number of ether oxygens (including phenoxy) is 2. The van der Waals surface area contributed by atoms with E-state index in [9.17, 15) is 14.7 Å². The highest BCUT2D eigenvalue weighted by Crippen LogP contribution is 2.21. The average molecular weight is 754 g/mol. The summed E-state index contributed by atoms with van der Waals surface area (Å²) in [5.74, 6) is 0.507. The van der Waals surface area contributed by atoms with Crippen LogP contribution in [0.4, 0.5) is 0 Å². The van der Waals surface area contributed by atoms with E-state index in [-0.39, 0.29) is 18.5 Å². The fourth-order valence-corrected chi connectivity index (χ4v) is 7.16. The third-order valence-corrected chi connectivity index (χ3v) is 10.8. The number of esters is 1. The Morgan fingerprint density at radius 1 is 0.509 bits per heavy atom. The maximum atomic E-state index is 12.7. The molecular weight excluding hydrogens is 659 g/mol. The molecule has 6 nitrogen and oxygen atoms in total. The number of carbonyl (C=O) groups excluding carboxylic acids is 2. The monoisotopic (exact) mass is 754 g/mol. The fourth-order valence-electron chi connectivity index (χ4n) is 7.16. The summed E-state index contributed by atoms with van der Waals surface area (Å²) in [6.07, 6.45) is 40.3. The van der Waals surface area contributed by atoms with Crippen LogP contribution in [0.5, 0.6) is 0 Å². The lowest BCUT2D eigenvalue weighted by Gasteiger charge is -2.21. The van der Waals surface area contributed by atoms with Gasteiger partial charge in [0.25, 0.3) is 0 Å². The van der Waals surface area contributed by atoms with Gasteiger partial charge in [0, 0.05) is 26.2 Å². The summed E-state index contributed by atoms with van der Waals surface area (Å²) in [4.78, 5) is 26.1. The summed E-state index contributed by atoms with van der Waals surface area (Å²) >= 11 is 0. The molecule has 0 amide bonds. The lowest BCUT2D eigenvalue weighted by Crippen LogP contribution is -2.29. The van der Waals surface area contributed by atoms with Crippen LogP contribution in [0.3, 0.4) is 0 Å². The Labute approximate surface area is 332 Å². The molecule has 0 aliphatic carbocycles. The van der Waals surface area contributed by atoms with Gasteiger partial charge in [0.15, 0.2) is 0 Å². The molecule has 0 bridgehead atoms. The van der Waals surface area contributed by atoms with E-state index in [1.165, 1.54) is 141 Å². The average Bonchev–Trinajstić information content (AvgIpc) is 3.17. The van der Waals surface area contributed by atoms with Crippen molar-refractivity contribution in [3.05, 3.63) is 0 Å². The Morgan fingerprint density at radius 2 is 0.887 bits per heavy atom. The number of carbonyl (C=O) groups is 2. The third-order valence-electron chi connectivity index (χ3n) is 10.8. The quantitative estimate of drug-likeness (QED) is 0.0380. The van der Waals surface area contributed by atoms with Crippen molar-refractivity contribution in [1.82, 2.24) is 4.90 Å². The van der Waals surface area contributed by atoms with Crippen LogP contribution in [0, 0.1) is 11.8 Å². The molecular formula is C47H95NO5. The van der Waals surface area contributed by atoms with Gasteiger partial charge >= 0.3 is 5.97 Å². The van der Waals surface area contributed by atoms with Crippen molar-refractivity contribution in [2.45, 2.75) is 233 Å². The number of aliphatic hydroxyl groups is 1. The molecule has 2 atom stereocenters. The zero-order chi connectivity index (χ0) is 39.3. The Kier molecular flexibility index (Phi) is 48.2. The number of hydrogen-bond donors (Lipinski definition) is 1. The fraction of sp³-hybridized carbons (Fsp3) is 0.957. The molecule has 0 aromatic rings. The van der Waals surface area contributed by atoms with Gasteiger partial charge < -0.3 is 24.3 Å². The van der Waals surface area contributed by atoms with Crippen LogP contribution in [0.15, 0.2) is 0 Å². The molecule has 2 unspecified atom stereocenters. The highest BCUT2D eigenvalue weighted by atomic mass is 16.5. The largest absolute Gasteiger partial charge is 0.465 e. The van der Waals surface area contributed by atoms with Crippen molar-refractivity contribution >= 4 is 12.3 Å². The highest BCUT2D eigenvalue weighted by molar-refractivity contribution is 5.72. The van der Waals surface area contributed by atoms with Crippen molar-refractivity contribution < 1.29 is 24.2 Å². The molecule has 0 spiro atoms. The molecule has 1 N–H and O–H groups in total. The van der Waals surface area contributed by atoms with Crippen molar-refractivity contribution in [3.8, 4) is 0 Å². The molecule has 318 valence electrons. The summed E-state index contributed by atoms with van der Waals surface area (Å²) in [6, 6.07) is 0. The van der Waals surface area contributed by atoms with Crippen LogP contribution in [-0.2, 0) is 19.1 Å². The van der Waals surface area contributed by atoms with Crippen molar-refractivity contribution in [2.24, 2.45) is 11.8 Å². The van der Waals surface area contributed by atoms with E-state index in [1.807, 2.05) is 0 Å². The Morgan fingerprint density at radius 3 is 1.32 bits per heavy atom. The second kappa shape index (κ2) is 47.2. The van der Waals surface area contributed by atoms with Crippen LogP contribution in [0.2, 0.25) is 0 Å². The van der Waals surface area contributed by atoms with Gasteiger partial charge in [-0.3, -0.25) is 4.79 Å². The number of unbranched alkanes of at least 4 members (excludes halogenated alkanes) is 22. The highest BCUT2D eigenvalue weighted by Gasteiger charge is 2.19. The molecule has 6 heteroatoms. The smallest absolute Gasteiger partial charge is 0.308 e. The lowest BCUT2D eigenvalue weighted by atomic mass is 9.94. The number of aliphatic hydroxyl groups excluding tert-OH is 1. The van der Waals surface area contributed by atoms with E-state index >= 15 is 0 Å². The van der Waals surface area contributed by atoms with E-state index in [4.69, 9.17) is 9.47 Å². The molecule has 0 radical (unpaired) electrons.